The van der Waals surface area contributed by atoms with Crippen LogP contribution in [0.15, 0.2) is 47.6 Å². The molecular formula is C27H35NO8. The van der Waals surface area contributed by atoms with Crippen LogP contribution in [0.4, 0.5) is 0 Å². The molecule has 2 aliphatic heterocycles. The highest BCUT2D eigenvalue weighted by molar-refractivity contribution is 6.35. The number of hydrogen-bond acceptors (Lipinski definition) is 8. The molecule has 0 unspecified atom stereocenters. The Balaban J connectivity index is 2.60. The predicted molar refractivity (Wildman–Crippen MR) is 131 cm³/mol. The molecule has 196 valence electrons. The largest absolute Gasteiger partial charge is 0.461 e. The van der Waals surface area contributed by atoms with Crippen molar-refractivity contribution in [1.29, 1.82) is 0 Å². The number of amides is 1. The van der Waals surface area contributed by atoms with E-state index in [-0.39, 0.29) is 6.42 Å². The number of allylic oxidation sites excluding steroid dienone is 4. The number of ether oxygens (including phenoxy) is 2. The first kappa shape index (κ1) is 28.9. The van der Waals surface area contributed by atoms with Crippen molar-refractivity contribution in [2.75, 3.05) is 0 Å². The molecule has 0 spiro atoms. The minimum absolute atomic E-state index is 0.0571. The van der Waals surface area contributed by atoms with Gasteiger partial charge in [0.15, 0.2) is 5.78 Å². The smallest absolute Gasteiger partial charge is 0.322 e. The predicted octanol–water partition coefficient (Wildman–Crippen LogP) is 2.29. The lowest BCUT2D eigenvalue weighted by molar-refractivity contribution is -0.182. The molecule has 1 fully saturated rings. The summed E-state index contributed by atoms with van der Waals surface area (Å²) in [6.07, 6.45) is 7.78. The van der Waals surface area contributed by atoms with E-state index in [0.29, 0.717) is 12.0 Å². The first-order valence-electron chi connectivity index (χ1n) is 11.9. The minimum Gasteiger partial charge on any atom is -0.461 e. The standard InChI is InChI=1S/C27H35NO8/c1-15-7-10-20(31)11-8-16(2)13-23(28-25(33)18(4)29)27(6)24(32)17(3)22(36-26(27)34)14-21(12-9-15)35-19(5)30/h7-9,11-13,17,20-23,31H,10,14H2,1-6H3,(H,28,33)/b11-8+,12-9+,15-7+,16-13+/t17-,20+,21-,22-,23-,27+/m1/s1. The van der Waals surface area contributed by atoms with Crippen LogP contribution in [0.1, 0.15) is 54.4 Å². The average molecular weight is 502 g/mol. The lowest BCUT2D eigenvalue weighted by Crippen LogP contribution is -2.61. The molecule has 9 heteroatoms. The normalized spacial score (nSPS) is 36.2. The summed E-state index contributed by atoms with van der Waals surface area (Å²) >= 11 is 0. The fourth-order valence-electron chi connectivity index (χ4n) is 4.13. The van der Waals surface area contributed by atoms with E-state index < -0.39 is 65.1 Å². The maximum absolute atomic E-state index is 13.6. The first-order valence-corrected chi connectivity index (χ1v) is 11.9. The van der Waals surface area contributed by atoms with Crippen LogP contribution < -0.4 is 5.32 Å². The van der Waals surface area contributed by atoms with Crippen molar-refractivity contribution in [2.24, 2.45) is 11.3 Å². The summed E-state index contributed by atoms with van der Waals surface area (Å²) in [6.45, 7) is 8.85. The maximum atomic E-state index is 13.6. The van der Waals surface area contributed by atoms with Gasteiger partial charge in [0.1, 0.15) is 17.6 Å². The van der Waals surface area contributed by atoms with Crippen molar-refractivity contribution in [3.8, 4) is 0 Å². The molecule has 1 saturated heterocycles. The fraction of sp³-hybridized carbons (Fsp3) is 0.519. The van der Waals surface area contributed by atoms with Gasteiger partial charge in [0.2, 0.25) is 5.78 Å². The van der Waals surface area contributed by atoms with Crippen molar-refractivity contribution >= 4 is 29.4 Å². The Morgan fingerprint density at radius 1 is 1.11 bits per heavy atom. The van der Waals surface area contributed by atoms with Crippen LogP contribution in [0, 0.1) is 11.3 Å². The summed E-state index contributed by atoms with van der Waals surface area (Å²) in [4.78, 5) is 62.5. The molecule has 0 aromatic carbocycles. The quantitative estimate of drug-likeness (QED) is 0.342. The first-order chi connectivity index (χ1) is 16.7. The van der Waals surface area contributed by atoms with Gasteiger partial charge in [0.05, 0.1) is 18.1 Å². The Morgan fingerprint density at radius 2 is 1.75 bits per heavy atom. The molecule has 0 aromatic rings. The van der Waals surface area contributed by atoms with E-state index in [2.05, 4.69) is 5.32 Å². The van der Waals surface area contributed by atoms with Gasteiger partial charge in [-0.2, -0.15) is 0 Å². The molecule has 3 rings (SSSR count). The van der Waals surface area contributed by atoms with E-state index >= 15 is 0 Å². The minimum atomic E-state index is -1.81. The molecule has 0 saturated carbocycles. The average Bonchev–Trinajstić information content (AvgIpc) is 2.80. The van der Waals surface area contributed by atoms with Crippen LogP contribution in [-0.4, -0.2) is 58.9 Å². The van der Waals surface area contributed by atoms with Crippen LogP contribution in [0.25, 0.3) is 0 Å². The van der Waals surface area contributed by atoms with E-state index in [4.69, 9.17) is 9.47 Å². The van der Waals surface area contributed by atoms with E-state index in [1.54, 1.807) is 38.2 Å². The molecule has 6 atom stereocenters. The van der Waals surface area contributed by atoms with E-state index in [9.17, 15) is 29.1 Å². The van der Waals surface area contributed by atoms with E-state index in [1.807, 2.05) is 13.0 Å². The number of hydrogen-bond donors (Lipinski definition) is 2. The Bertz CT molecular complexity index is 1040. The van der Waals surface area contributed by atoms with Gasteiger partial charge >= 0.3 is 11.9 Å². The van der Waals surface area contributed by atoms with E-state index in [0.717, 1.165) is 12.5 Å². The van der Waals surface area contributed by atoms with Crippen molar-refractivity contribution in [1.82, 2.24) is 5.32 Å². The number of nitrogens with one attached hydrogen (secondary N) is 1. The molecule has 2 bridgehead atoms. The second kappa shape index (κ2) is 12.1. The Labute approximate surface area is 211 Å². The highest BCUT2D eigenvalue weighted by Gasteiger charge is 2.56. The number of Topliss-reactive ketones (excluding diaryl/α,β-unsaturated/α-hetero) is 2. The summed E-state index contributed by atoms with van der Waals surface area (Å²) in [6, 6.07) is -1.18. The number of aliphatic hydroxyl groups is 1. The zero-order chi connectivity index (χ0) is 27.2. The number of carbonyl (C=O) groups is 5. The molecule has 2 N–H and O–H groups in total. The van der Waals surface area contributed by atoms with Gasteiger partial charge in [-0.3, -0.25) is 24.0 Å². The fourth-order valence-corrected chi connectivity index (χ4v) is 4.13. The summed E-state index contributed by atoms with van der Waals surface area (Å²) in [5.74, 6) is -4.37. The Kier molecular flexibility index (Phi) is 9.69. The van der Waals surface area contributed by atoms with Gasteiger partial charge in [0.25, 0.3) is 5.91 Å². The van der Waals surface area contributed by atoms with Gasteiger partial charge in [-0.15, -0.1) is 0 Å². The second-order valence-corrected chi connectivity index (χ2v) is 9.57. The number of esters is 2. The van der Waals surface area contributed by atoms with Gasteiger partial charge < -0.3 is 19.9 Å². The molecule has 9 nitrogen and oxygen atoms in total. The third-order valence-corrected chi connectivity index (χ3v) is 6.44. The molecule has 3 aliphatic rings. The SMILES string of the molecule is CC(=O)O[C@@H]1/C=C/C(C)=C/C[C@H](O)/C=C/C(C)=C/[C@@H](NC(=O)C(C)=O)[C@]2(C)C(=O)O[C@H](C1)[C@@H](C)C2=O. The lowest BCUT2D eigenvalue weighted by Gasteiger charge is -2.42. The van der Waals surface area contributed by atoms with E-state index in [1.165, 1.54) is 19.9 Å². The van der Waals surface area contributed by atoms with Gasteiger partial charge in [-0.05, 0) is 33.3 Å². The zero-order valence-electron chi connectivity index (χ0n) is 21.6. The highest BCUT2D eigenvalue weighted by atomic mass is 16.6. The molecular weight excluding hydrogens is 466 g/mol. The topological polar surface area (TPSA) is 136 Å². The molecule has 1 aliphatic carbocycles. The lowest BCUT2D eigenvalue weighted by atomic mass is 9.69. The van der Waals surface area contributed by atoms with Crippen LogP contribution in [0.3, 0.4) is 0 Å². The third kappa shape index (κ3) is 7.10. The van der Waals surface area contributed by atoms with Crippen LogP contribution >= 0.6 is 0 Å². The molecule has 1 amide bonds. The summed E-state index contributed by atoms with van der Waals surface area (Å²) in [5.41, 5.74) is -0.437. The van der Waals surface area contributed by atoms with Crippen molar-refractivity contribution < 1.29 is 38.6 Å². The Hall–Kier alpha value is -3.33. The third-order valence-electron chi connectivity index (χ3n) is 6.44. The van der Waals surface area contributed by atoms with Crippen LogP contribution in [-0.2, 0) is 33.4 Å². The van der Waals surface area contributed by atoms with Gasteiger partial charge in [-0.1, -0.05) is 48.5 Å². The van der Waals surface area contributed by atoms with Crippen molar-refractivity contribution in [3.05, 3.63) is 47.6 Å². The summed E-state index contributed by atoms with van der Waals surface area (Å²) < 4.78 is 11.1. The molecule has 0 radical (unpaired) electrons. The molecule has 36 heavy (non-hydrogen) atoms. The van der Waals surface area contributed by atoms with Crippen LogP contribution in [0.2, 0.25) is 0 Å². The number of rotatable bonds is 3. The number of carbonyl (C=O) groups excluding carboxylic acids is 5. The Morgan fingerprint density at radius 3 is 2.36 bits per heavy atom. The van der Waals surface area contributed by atoms with Gasteiger partial charge in [0, 0.05) is 20.3 Å². The molecule has 0 aromatic heterocycles. The number of fused-ring (bicyclic) bond motifs is 10. The second-order valence-electron chi connectivity index (χ2n) is 9.57. The maximum Gasteiger partial charge on any atom is 0.322 e. The molecule has 2 heterocycles. The summed E-state index contributed by atoms with van der Waals surface area (Å²) in [7, 11) is 0. The van der Waals surface area contributed by atoms with Crippen LogP contribution in [0.5, 0.6) is 0 Å². The zero-order valence-corrected chi connectivity index (χ0v) is 21.6. The van der Waals surface area contributed by atoms with Crippen molar-refractivity contribution in [2.45, 2.75) is 78.7 Å². The number of aliphatic hydroxyl groups excluding tert-OH is 1. The highest BCUT2D eigenvalue weighted by Crippen LogP contribution is 2.38. The van der Waals surface area contributed by atoms with Crippen molar-refractivity contribution in [3.63, 3.8) is 0 Å². The number of ketones is 2. The monoisotopic (exact) mass is 501 g/mol. The summed E-state index contributed by atoms with van der Waals surface area (Å²) in [5, 5.41) is 12.8. The van der Waals surface area contributed by atoms with Gasteiger partial charge in [-0.25, -0.2) is 0 Å².